The number of hydrogen-bond donors (Lipinski definition) is 2. The fourth-order valence-electron chi connectivity index (χ4n) is 3.01. The summed E-state index contributed by atoms with van der Waals surface area (Å²) in [6.07, 6.45) is 4.37. The van der Waals surface area contributed by atoms with Crippen molar-refractivity contribution < 1.29 is 12.8 Å². The molecule has 3 aromatic rings. The average Bonchev–Trinajstić information content (AvgIpc) is 3.22. The number of sulfone groups is 1. The molecule has 0 unspecified atom stereocenters. The molecule has 2 aromatic carbocycles. The second-order valence-electron chi connectivity index (χ2n) is 7.35. The Balaban J connectivity index is 1.42. The standard InChI is InChI=1S/C23H28N4O3S/c1-17-4-8-19(9-5-17)22-27-20(16-30-22)13-15-26-23(24-2)25-14-12-18-6-10-21(11-7-18)31(3,28)29/h4-11,16H,12-15H2,1-3H3,(H2,24,25,26). The largest absolute Gasteiger partial charge is 0.444 e. The normalized spacial score (nSPS) is 12.0. The number of aromatic nitrogens is 1. The summed E-state index contributed by atoms with van der Waals surface area (Å²) in [6, 6.07) is 15.0. The van der Waals surface area contributed by atoms with Crippen LogP contribution in [-0.4, -0.2) is 45.8 Å². The maximum absolute atomic E-state index is 11.5. The summed E-state index contributed by atoms with van der Waals surface area (Å²) < 4.78 is 28.7. The number of benzene rings is 2. The number of nitrogens with one attached hydrogen (secondary N) is 2. The molecule has 0 radical (unpaired) electrons. The van der Waals surface area contributed by atoms with Gasteiger partial charge in [0, 0.05) is 38.4 Å². The smallest absolute Gasteiger partial charge is 0.226 e. The van der Waals surface area contributed by atoms with Crippen molar-refractivity contribution in [3.63, 3.8) is 0 Å². The van der Waals surface area contributed by atoms with E-state index >= 15 is 0 Å². The molecule has 0 fully saturated rings. The summed E-state index contributed by atoms with van der Waals surface area (Å²) >= 11 is 0. The molecular weight excluding hydrogens is 412 g/mol. The van der Waals surface area contributed by atoms with Crippen molar-refractivity contribution in [3.8, 4) is 11.5 Å². The van der Waals surface area contributed by atoms with Crippen molar-refractivity contribution in [2.45, 2.75) is 24.7 Å². The molecule has 0 spiro atoms. The van der Waals surface area contributed by atoms with Crippen LogP contribution >= 0.6 is 0 Å². The van der Waals surface area contributed by atoms with E-state index in [0.717, 1.165) is 23.2 Å². The van der Waals surface area contributed by atoms with Gasteiger partial charge in [0.2, 0.25) is 5.89 Å². The minimum atomic E-state index is -3.16. The van der Waals surface area contributed by atoms with E-state index in [1.807, 2.05) is 43.3 Å². The Bertz CT molecular complexity index is 1120. The molecule has 164 valence electrons. The maximum atomic E-state index is 11.5. The Labute approximate surface area is 183 Å². The average molecular weight is 441 g/mol. The monoisotopic (exact) mass is 440 g/mol. The second kappa shape index (κ2) is 10.3. The number of hydrogen-bond acceptors (Lipinski definition) is 5. The topological polar surface area (TPSA) is 96.6 Å². The van der Waals surface area contributed by atoms with Gasteiger partial charge in [-0.3, -0.25) is 4.99 Å². The third-order valence-electron chi connectivity index (χ3n) is 4.81. The lowest BCUT2D eigenvalue weighted by Crippen LogP contribution is -2.39. The number of oxazole rings is 1. The second-order valence-corrected chi connectivity index (χ2v) is 9.37. The molecule has 1 heterocycles. The van der Waals surface area contributed by atoms with E-state index < -0.39 is 9.84 Å². The van der Waals surface area contributed by atoms with Crippen LogP contribution in [-0.2, 0) is 22.7 Å². The lowest BCUT2D eigenvalue weighted by Gasteiger charge is -2.11. The Morgan fingerprint density at radius 1 is 1.00 bits per heavy atom. The molecule has 0 amide bonds. The summed E-state index contributed by atoms with van der Waals surface area (Å²) in [5.41, 5.74) is 4.10. The number of guanidine groups is 1. The van der Waals surface area contributed by atoms with E-state index in [4.69, 9.17) is 4.42 Å². The van der Waals surface area contributed by atoms with Gasteiger partial charge in [0.25, 0.3) is 0 Å². The van der Waals surface area contributed by atoms with Gasteiger partial charge in [0.1, 0.15) is 6.26 Å². The number of aliphatic imine (C=N–C) groups is 1. The first-order valence-electron chi connectivity index (χ1n) is 10.1. The molecule has 0 aliphatic rings. The van der Waals surface area contributed by atoms with Crippen LogP contribution in [0.25, 0.3) is 11.5 Å². The first kappa shape index (κ1) is 22.6. The van der Waals surface area contributed by atoms with Gasteiger partial charge in [-0.1, -0.05) is 29.8 Å². The van der Waals surface area contributed by atoms with E-state index in [-0.39, 0.29) is 0 Å². The quantitative estimate of drug-likeness (QED) is 0.413. The lowest BCUT2D eigenvalue weighted by atomic mass is 10.1. The van der Waals surface area contributed by atoms with E-state index in [0.29, 0.717) is 36.3 Å². The van der Waals surface area contributed by atoms with Crippen LogP contribution in [0.2, 0.25) is 0 Å². The van der Waals surface area contributed by atoms with Crippen LogP contribution in [0.5, 0.6) is 0 Å². The van der Waals surface area contributed by atoms with Crippen molar-refractivity contribution in [3.05, 3.63) is 71.6 Å². The highest BCUT2D eigenvalue weighted by Crippen LogP contribution is 2.19. The molecule has 31 heavy (non-hydrogen) atoms. The van der Waals surface area contributed by atoms with Gasteiger partial charge in [0.05, 0.1) is 10.6 Å². The first-order valence-corrected chi connectivity index (χ1v) is 12.0. The Morgan fingerprint density at radius 3 is 2.26 bits per heavy atom. The minimum Gasteiger partial charge on any atom is -0.444 e. The molecule has 0 atom stereocenters. The van der Waals surface area contributed by atoms with Crippen molar-refractivity contribution in [2.75, 3.05) is 26.4 Å². The molecule has 1 aromatic heterocycles. The highest BCUT2D eigenvalue weighted by atomic mass is 32.2. The van der Waals surface area contributed by atoms with Crippen molar-refractivity contribution in [1.29, 1.82) is 0 Å². The van der Waals surface area contributed by atoms with Crippen LogP contribution in [0.4, 0.5) is 0 Å². The molecule has 0 aliphatic carbocycles. The van der Waals surface area contributed by atoms with Crippen molar-refractivity contribution in [1.82, 2.24) is 15.6 Å². The molecule has 0 aliphatic heterocycles. The van der Waals surface area contributed by atoms with E-state index in [1.54, 1.807) is 25.4 Å². The SMILES string of the molecule is CN=C(NCCc1ccc(S(C)(=O)=O)cc1)NCCc1coc(-c2ccc(C)cc2)n1. The molecule has 2 N–H and O–H groups in total. The van der Waals surface area contributed by atoms with Gasteiger partial charge in [0.15, 0.2) is 15.8 Å². The number of nitrogens with zero attached hydrogens (tertiary/aromatic N) is 2. The van der Waals surface area contributed by atoms with Crippen molar-refractivity contribution in [2.24, 2.45) is 4.99 Å². The Hall–Kier alpha value is -3.13. The third kappa shape index (κ3) is 6.68. The maximum Gasteiger partial charge on any atom is 0.226 e. The van der Waals surface area contributed by atoms with Crippen LogP contribution in [0.1, 0.15) is 16.8 Å². The zero-order chi connectivity index (χ0) is 22.3. The lowest BCUT2D eigenvalue weighted by molar-refractivity contribution is 0.572. The van der Waals surface area contributed by atoms with E-state index in [1.165, 1.54) is 11.8 Å². The van der Waals surface area contributed by atoms with E-state index in [2.05, 4.69) is 20.6 Å². The predicted octanol–water partition coefficient (Wildman–Crippen LogP) is 3.00. The van der Waals surface area contributed by atoms with Gasteiger partial charge in [-0.2, -0.15) is 0 Å². The summed E-state index contributed by atoms with van der Waals surface area (Å²) in [5, 5.41) is 6.53. The summed E-state index contributed by atoms with van der Waals surface area (Å²) in [7, 11) is -1.44. The van der Waals surface area contributed by atoms with Gasteiger partial charge in [-0.15, -0.1) is 0 Å². The van der Waals surface area contributed by atoms with Crippen LogP contribution < -0.4 is 10.6 Å². The molecule has 0 saturated carbocycles. The molecule has 3 rings (SSSR count). The van der Waals surface area contributed by atoms with Crippen LogP contribution in [0, 0.1) is 6.92 Å². The number of rotatable bonds is 8. The Kier molecular flexibility index (Phi) is 7.46. The highest BCUT2D eigenvalue weighted by molar-refractivity contribution is 7.90. The summed E-state index contributed by atoms with van der Waals surface area (Å²) in [4.78, 5) is 9.11. The van der Waals surface area contributed by atoms with Gasteiger partial charge in [-0.05, 0) is 43.2 Å². The predicted molar refractivity (Wildman–Crippen MR) is 123 cm³/mol. The van der Waals surface area contributed by atoms with E-state index in [9.17, 15) is 8.42 Å². The zero-order valence-electron chi connectivity index (χ0n) is 18.1. The fraction of sp³-hybridized carbons (Fsp3) is 0.304. The van der Waals surface area contributed by atoms with Gasteiger partial charge in [-0.25, -0.2) is 13.4 Å². The molecule has 8 heteroatoms. The van der Waals surface area contributed by atoms with Gasteiger partial charge >= 0.3 is 0 Å². The summed E-state index contributed by atoms with van der Waals surface area (Å²) in [6.45, 7) is 3.40. The zero-order valence-corrected chi connectivity index (χ0v) is 18.9. The Morgan fingerprint density at radius 2 is 1.65 bits per heavy atom. The first-order chi connectivity index (χ1) is 14.8. The van der Waals surface area contributed by atoms with Gasteiger partial charge < -0.3 is 15.1 Å². The van der Waals surface area contributed by atoms with Crippen LogP contribution in [0.3, 0.4) is 0 Å². The highest BCUT2D eigenvalue weighted by Gasteiger charge is 2.08. The van der Waals surface area contributed by atoms with Crippen LogP contribution in [0.15, 0.2) is 69.1 Å². The molecule has 0 saturated heterocycles. The van der Waals surface area contributed by atoms with Crippen molar-refractivity contribution >= 4 is 15.8 Å². The molecule has 0 bridgehead atoms. The molecular formula is C23H28N4O3S. The number of aryl methyl sites for hydroxylation is 1. The minimum absolute atomic E-state index is 0.333. The summed E-state index contributed by atoms with van der Waals surface area (Å²) in [5.74, 6) is 1.33. The third-order valence-corrected chi connectivity index (χ3v) is 5.93. The fourth-order valence-corrected chi connectivity index (χ4v) is 3.64. The molecule has 7 nitrogen and oxygen atoms in total.